The number of nitrogens with one attached hydrogen (secondary N) is 1. The molecule has 0 aromatic heterocycles. The van der Waals surface area contributed by atoms with Gasteiger partial charge in [-0.15, -0.1) is 6.58 Å². The predicted molar refractivity (Wildman–Crippen MR) is 55.4 cm³/mol. The lowest BCUT2D eigenvalue weighted by molar-refractivity contribution is 0.272. The Kier molecular flexibility index (Phi) is 6.03. The van der Waals surface area contributed by atoms with E-state index in [2.05, 4.69) is 44.6 Å². The zero-order chi connectivity index (χ0) is 9.56. The number of hydrogen-bond donors (Lipinski definition) is 1. The maximum absolute atomic E-state index is 3.72. The smallest absolute Gasteiger partial charge is 0.0219 e. The highest BCUT2D eigenvalue weighted by atomic mass is 15.1. The van der Waals surface area contributed by atoms with Crippen LogP contribution in [0.3, 0.4) is 0 Å². The van der Waals surface area contributed by atoms with Crippen molar-refractivity contribution in [2.45, 2.75) is 32.9 Å². The van der Waals surface area contributed by atoms with Gasteiger partial charge in [0.15, 0.2) is 0 Å². The van der Waals surface area contributed by atoms with Crippen molar-refractivity contribution in [3.05, 3.63) is 12.7 Å². The fourth-order valence-electron chi connectivity index (χ4n) is 0.810. The molecule has 72 valence electrons. The van der Waals surface area contributed by atoms with Crippen molar-refractivity contribution in [3.8, 4) is 0 Å². The highest BCUT2D eigenvalue weighted by Crippen LogP contribution is 1.91. The molecule has 0 aliphatic carbocycles. The van der Waals surface area contributed by atoms with E-state index < -0.39 is 0 Å². The summed E-state index contributed by atoms with van der Waals surface area (Å²) in [6.45, 7) is 12.4. The zero-order valence-corrected chi connectivity index (χ0v) is 8.80. The molecule has 0 amide bonds. The third-order valence-electron chi connectivity index (χ3n) is 2.17. The minimum atomic E-state index is 0.422. The van der Waals surface area contributed by atoms with E-state index in [0.29, 0.717) is 12.1 Å². The third kappa shape index (κ3) is 5.33. The molecule has 0 spiro atoms. The van der Waals surface area contributed by atoms with Gasteiger partial charge in [-0.1, -0.05) is 6.08 Å². The zero-order valence-electron chi connectivity index (χ0n) is 8.80. The molecule has 1 N–H and O–H groups in total. The summed E-state index contributed by atoms with van der Waals surface area (Å²) in [7, 11) is 2.14. The summed E-state index contributed by atoms with van der Waals surface area (Å²) in [5, 5.41) is 3.36. The summed E-state index contributed by atoms with van der Waals surface area (Å²) in [5.41, 5.74) is 0. The first-order valence-corrected chi connectivity index (χ1v) is 4.64. The Morgan fingerprint density at radius 3 is 2.42 bits per heavy atom. The number of rotatable bonds is 6. The second-order valence-electron chi connectivity index (χ2n) is 3.55. The monoisotopic (exact) mass is 170 g/mol. The average molecular weight is 170 g/mol. The lowest BCUT2D eigenvalue weighted by Crippen LogP contribution is -2.36. The Balaban J connectivity index is 3.36. The Hall–Kier alpha value is -0.340. The number of hydrogen-bond acceptors (Lipinski definition) is 2. The standard InChI is InChI=1S/C10H22N2/c1-6-10(4)11-7-8-12(5)9(2)3/h6,9-11H,1,7-8H2,2-5H3. The third-order valence-corrected chi connectivity index (χ3v) is 2.17. The first-order valence-electron chi connectivity index (χ1n) is 4.64. The van der Waals surface area contributed by atoms with E-state index in [-0.39, 0.29) is 0 Å². The molecule has 0 bridgehead atoms. The van der Waals surface area contributed by atoms with Crippen LogP contribution in [0.2, 0.25) is 0 Å². The highest BCUT2D eigenvalue weighted by molar-refractivity contribution is 4.81. The van der Waals surface area contributed by atoms with Crippen LogP contribution < -0.4 is 5.32 Å². The van der Waals surface area contributed by atoms with Crippen LogP contribution in [-0.2, 0) is 0 Å². The largest absolute Gasteiger partial charge is 0.310 e. The van der Waals surface area contributed by atoms with Crippen LogP contribution >= 0.6 is 0 Å². The van der Waals surface area contributed by atoms with Crippen molar-refractivity contribution < 1.29 is 0 Å². The van der Waals surface area contributed by atoms with E-state index in [1.807, 2.05) is 6.08 Å². The van der Waals surface area contributed by atoms with Crippen molar-refractivity contribution >= 4 is 0 Å². The van der Waals surface area contributed by atoms with Crippen molar-refractivity contribution in [2.24, 2.45) is 0 Å². The molecule has 2 nitrogen and oxygen atoms in total. The van der Waals surface area contributed by atoms with Gasteiger partial charge in [-0.05, 0) is 27.8 Å². The molecule has 0 saturated carbocycles. The van der Waals surface area contributed by atoms with Gasteiger partial charge in [-0.2, -0.15) is 0 Å². The topological polar surface area (TPSA) is 15.3 Å². The fraction of sp³-hybridized carbons (Fsp3) is 0.800. The summed E-state index contributed by atoms with van der Waals surface area (Å²) in [6, 6.07) is 1.05. The van der Waals surface area contributed by atoms with Crippen LogP contribution in [0.4, 0.5) is 0 Å². The molecule has 12 heavy (non-hydrogen) atoms. The van der Waals surface area contributed by atoms with Crippen molar-refractivity contribution in [2.75, 3.05) is 20.1 Å². The minimum absolute atomic E-state index is 0.422. The minimum Gasteiger partial charge on any atom is -0.310 e. The number of likely N-dealkylation sites (N-methyl/N-ethyl adjacent to an activating group) is 1. The molecule has 0 aromatic carbocycles. The van der Waals surface area contributed by atoms with Gasteiger partial charge in [0.05, 0.1) is 0 Å². The van der Waals surface area contributed by atoms with Gasteiger partial charge in [-0.3, -0.25) is 0 Å². The van der Waals surface area contributed by atoms with Gasteiger partial charge >= 0.3 is 0 Å². The van der Waals surface area contributed by atoms with Crippen LogP contribution in [0.25, 0.3) is 0 Å². The average Bonchev–Trinajstić information content (AvgIpc) is 2.03. The first-order chi connectivity index (χ1) is 5.57. The van der Waals surface area contributed by atoms with Crippen molar-refractivity contribution in [3.63, 3.8) is 0 Å². The van der Waals surface area contributed by atoms with Gasteiger partial charge in [0, 0.05) is 25.2 Å². The summed E-state index contributed by atoms with van der Waals surface area (Å²) >= 11 is 0. The highest BCUT2D eigenvalue weighted by Gasteiger charge is 2.02. The van der Waals surface area contributed by atoms with Gasteiger partial charge in [0.25, 0.3) is 0 Å². The van der Waals surface area contributed by atoms with Crippen LogP contribution in [-0.4, -0.2) is 37.1 Å². The van der Waals surface area contributed by atoms with E-state index in [1.165, 1.54) is 0 Å². The molecule has 0 radical (unpaired) electrons. The molecule has 1 unspecified atom stereocenters. The van der Waals surface area contributed by atoms with Crippen LogP contribution in [0.15, 0.2) is 12.7 Å². The maximum Gasteiger partial charge on any atom is 0.0219 e. The molecule has 2 heteroatoms. The van der Waals surface area contributed by atoms with E-state index >= 15 is 0 Å². The first kappa shape index (κ1) is 11.7. The molecule has 0 saturated heterocycles. The van der Waals surface area contributed by atoms with Crippen LogP contribution in [0.5, 0.6) is 0 Å². The summed E-state index contributed by atoms with van der Waals surface area (Å²) < 4.78 is 0. The fourth-order valence-corrected chi connectivity index (χ4v) is 0.810. The van der Waals surface area contributed by atoms with E-state index in [1.54, 1.807) is 0 Å². The molecule has 0 aromatic rings. The maximum atomic E-state index is 3.72. The van der Waals surface area contributed by atoms with Crippen LogP contribution in [0, 0.1) is 0 Å². The summed E-state index contributed by atoms with van der Waals surface area (Å²) in [5.74, 6) is 0. The van der Waals surface area contributed by atoms with E-state index in [0.717, 1.165) is 13.1 Å². The number of nitrogens with zero attached hydrogens (tertiary/aromatic N) is 1. The molecule has 0 fully saturated rings. The summed E-state index contributed by atoms with van der Waals surface area (Å²) in [4.78, 5) is 2.32. The Bertz CT molecular complexity index is 121. The lowest BCUT2D eigenvalue weighted by Gasteiger charge is -2.21. The van der Waals surface area contributed by atoms with Gasteiger partial charge in [0.1, 0.15) is 0 Å². The summed E-state index contributed by atoms with van der Waals surface area (Å²) in [6.07, 6.45) is 1.93. The van der Waals surface area contributed by atoms with Gasteiger partial charge in [-0.25, -0.2) is 0 Å². The van der Waals surface area contributed by atoms with E-state index in [4.69, 9.17) is 0 Å². The Labute approximate surface area is 76.6 Å². The Morgan fingerprint density at radius 1 is 1.42 bits per heavy atom. The van der Waals surface area contributed by atoms with E-state index in [9.17, 15) is 0 Å². The second-order valence-corrected chi connectivity index (χ2v) is 3.55. The molecule has 0 aliphatic rings. The van der Waals surface area contributed by atoms with Gasteiger partial charge < -0.3 is 10.2 Å². The molecule has 0 rings (SSSR count). The molecule has 1 atom stereocenters. The van der Waals surface area contributed by atoms with Gasteiger partial charge in [0.2, 0.25) is 0 Å². The molecular weight excluding hydrogens is 148 g/mol. The SMILES string of the molecule is C=CC(C)NCCN(C)C(C)C. The lowest BCUT2D eigenvalue weighted by atomic mass is 10.3. The molecule has 0 aliphatic heterocycles. The van der Waals surface area contributed by atoms with Crippen molar-refractivity contribution in [1.29, 1.82) is 0 Å². The normalized spacial score (nSPS) is 13.8. The van der Waals surface area contributed by atoms with Crippen LogP contribution in [0.1, 0.15) is 20.8 Å². The quantitative estimate of drug-likeness (QED) is 0.608. The predicted octanol–water partition coefficient (Wildman–Crippen LogP) is 1.49. The molecule has 0 heterocycles. The molecular formula is C10H22N2. The second kappa shape index (κ2) is 6.21. The Morgan fingerprint density at radius 2 is 2.00 bits per heavy atom. The van der Waals surface area contributed by atoms with Crippen molar-refractivity contribution in [1.82, 2.24) is 10.2 Å².